The molecule has 19 heavy (non-hydrogen) atoms. The molecule has 1 aliphatic carbocycles. The number of allylic oxidation sites excluding steroid dienone is 5. The predicted octanol–water partition coefficient (Wildman–Crippen LogP) is 5.19. The van der Waals surface area contributed by atoms with Crippen molar-refractivity contribution < 1.29 is 9.47 Å². The highest BCUT2D eigenvalue weighted by atomic mass is 35.5. The van der Waals surface area contributed by atoms with Crippen molar-refractivity contribution in [2.45, 2.75) is 0 Å². The van der Waals surface area contributed by atoms with E-state index in [9.17, 15) is 0 Å². The maximum absolute atomic E-state index is 6.10. The Balaban J connectivity index is 2.03. The SMILES string of the molecule is ClC1=C(Cl)C(Cl)=C(Cl)C1=Cc1ccc2c(c1)OCO2. The second kappa shape index (κ2) is 4.95. The molecule has 0 N–H and O–H groups in total. The molecule has 3 rings (SSSR count). The fourth-order valence-electron chi connectivity index (χ4n) is 1.82. The van der Waals surface area contributed by atoms with E-state index in [1.54, 1.807) is 6.08 Å². The van der Waals surface area contributed by atoms with E-state index in [4.69, 9.17) is 55.9 Å². The second-order valence-corrected chi connectivity index (χ2v) is 5.44. The standard InChI is InChI=1S/C13H6Cl4O2/c14-10-7(11(15)13(17)12(10)16)3-6-1-2-8-9(4-6)19-5-18-8/h1-4H,5H2. The Kier molecular flexibility index (Phi) is 3.44. The first-order valence-corrected chi connectivity index (χ1v) is 6.82. The third-order valence-corrected chi connectivity index (χ3v) is 4.59. The van der Waals surface area contributed by atoms with Gasteiger partial charge in [0, 0.05) is 5.57 Å². The van der Waals surface area contributed by atoms with Gasteiger partial charge in [-0.15, -0.1) is 0 Å². The number of halogens is 4. The number of rotatable bonds is 1. The van der Waals surface area contributed by atoms with Gasteiger partial charge in [0.25, 0.3) is 0 Å². The van der Waals surface area contributed by atoms with E-state index in [-0.39, 0.29) is 16.9 Å². The van der Waals surface area contributed by atoms with Crippen LogP contribution >= 0.6 is 46.4 Å². The molecule has 0 radical (unpaired) electrons. The van der Waals surface area contributed by atoms with Crippen LogP contribution in [0.1, 0.15) is 5.56 Å². The molecule has 0 bridgehead atoms. The van der Waals surface area contributed by atoms with Gasteiger partial charge in [0.15, 0.2) is 11.5 Å². The van der Waals surface area contributed by atoms with Crippen LogP contribution in [0.4, 0.5) is 0 Å². The van der Waals surface area contributed by atoms with Gasteiger partial charge in [-0.1, -0.05) is 52.5 Å². The average molecular weight is 336 g/mol. The highest BCUT2D eigenvalue weighted by Crippen LogP contribution is 2.46. The monoisotopic (exact) mass is 334 g/mol. The van der Waals surface area contributed by atoms with Crippen molar-refractivity contribution in [3.05, 3.63) is 49.5 Å². The molecule has 2 aliphatic rings. The Morgan fingerprint density at radius 3 is 2.16 bits per heavy atom. The van der Waals surface area contributed by atoms with Gasteiger partial charge >= 0.3 is 0 Å². The van der Waals surface area contributed by atoms with Crippen LogP contribution in [0.5, 0.6) is 11.5 Å². The van der Waals surface area contributed by atoms with Crippen LogP contribution in [0, 0.1) is 0 Å². The maximum atomic E-state index is 6.10. The summed E-state index contributed by atoms with van der Waals surface area (Å²) in [5, 5.41) is 1.21. The molecule has 0 atom stereocenters. The van der Waals surface area contributed by atoms with Crippen LogP contribution in [0.25, 0.3) is 6.08 Å². The lowest BCUT2D eigenvalue weighted by atomic mass is 10.1. The Labute approximate surface area is 129 Å². The van der Waals surface area contributed by atoms with E-state index in [0.717, 1.165) is 5.56 Å². The quantitative estimate of drug-likeness (QED) is 0.703. The van der Waals surface area contributed by atoms with Crippen LogP contribution < -0.4 is 9.47 Å². The summed E-state index contributed by atoms with van der Waals surface area (Å²) >= 11 is 24.1. The van der Waals surface area contributed by atoms with Crippen molar-refractivity contribution in [1.82, 2.24) is 0 Å². The van der Waals surface area contributed by atoms with Gasteiger partial charge in [-0.2, -0.15) is 0 Å². The van der Waals surface area contributed by atoms with Gasteiger partial charge in [0.2, 0.25) is 6.79 Å². The number of fused-ring (bicyclic) bond motifs is 1. The van der Waals surface area contributed by atoms with Crippen molar-refractivity contribution in [3.8, 4) is 11.5 Å². The molecular weight excluding hydrogens is 330 g/mol. The summed E-state index contributed by atoms with van der Waals surface area (Å²) in [5.41, 5.74) is 1.46. The molecule has 0 unspecified atom stereocenters. The number of hydrogen-bond donors (Lipinski definition) is 0. The molecule has 0 aromatic heterocycles. The molecule has 1 heterocycles. The molecular formula is C13H6Cl4O2. The first-order valence-electron chi connectivity index (χ1n) is 5.31. The maximum Gasteiger partial charge on any atom is 0.231 e. The van der Waals surface area contributed by atoms with Crippen molar-refractivity contribution in [1.29, 1.82) is 0 Å². The zero-order valence-electron chi connectivity index (χ0n) is 9.34. The van der Waals surface area contributed by atoms with Gasteiger partial charge in [0.05, 0.1) is 20.1 Å². The summed E-state index contributed by atoms with van der Waals surface area (Å²) in [7, 11) is 0. The molecule has 1 aromatic carbocycles. The van der Waals surface area contributed by atoms with Gasteiger partial charge in [-0.25, -0.2) is 0 Å². The zero-order valence-corrected chi connectivity index (χ0v) is 12.4. The largest absolute Gasteiger partial charge is 0.454 e. The first kappa shape index (κ1) is 13.2. The smallest absolute Gasteiger partial charge is 0.231 e. The van der Waals surface area contributed by atoms with Gasteiger partial charge < -0.3 is 9.47 Å². The highest BCUT2D eigenvalue weighted by molar-refractivity contribution is 6.55. The van der Waals surface area contributed by atoms with Crippen molar-refractivity contribution >= 4 is 52.5 Å². The minimum atomic E-state index is 0.230. The fraction of sp³-hybridized carbons (Fsp3) is 0.0769. The minimum absolute atomic E-state index is 0.230. The van der Waals surface area contributed by atoms with E-state index in [1.165, 1.54) is 0 Å². The average Bonchev–Trinajstić information content (AvgIpc) is 2.94. The van der Waals surface area contributed by atoms with Crippen LogP contribution in [-0.4, -0.2) is 6.79 Å². The van der Waals surface area contributed by atoms with E-state index in [2.05, 4.69) is 0 Å². The summed E-state index contributed by atoms with van der Waals surface area (Å²) in [4.78, 5) is 0. The number of ether oxygens (including phenoxy) is 2. The van der Waals surface area contributed by atoms with Gasteiger partial charge in [-0.05, 0) is 23.8 Å². The lowest BCUT2D eigenvalue weighted by Gasteiger charge is -2.02. The van der Waals surface area contributed by atoms with E-state index in [0.29, 0.717) is 27.1 Å². The molecule has 0 amide bonds. The summed E-state index contributed by atoms with van der Waals surface area (Å²) < 4.78 is 10.5. The summed E-state index contributed by atoms with van der Waals surface area (Å²) in [6.07, 6.45) is 1.80. The van der Waals surface area contributed by atoms with Gasteiger partial charge in [0.1, 0.15) is 0 Å². The van der Waals surface area contributed by atoms with Gasteiger partial charge in [-0.3, -0.25) is 0 Å². The molecule has 1 aromatic rings. The predicted molar refractivity (Wildman–Crippen MR) is 78.0 cm³/mol. The molecule has 98 valence electrons. The third kappa shape index (κ3) is 2.23. The second-order valence-electron chi connectivity index (χ2n) is 3.93. The summed E-state index contributed by atoms with van der Waals surface area (Å²) in [5.74, 6) is 1.40. The Hall–Kier alpha value is -0.800. The normalized spacial score (nSPS) is 17.6. The third-order valence-electron chi connectivity index (χ3n) is 2.76. The highest BCUT2D eigenvalue weighted by Gasteiger charge is 2.25. The fourth-order valence-corrected chi connectivity index (χ4v) is 2.85. The molecule has 1 aliphatic heterocycles. The van der Waals surface area contributed by atoms with E-state index in [1.807, 2.05) is 18.2 Å². The molecule has 0 saturated heterocycles. The lowest BCUT2D eigenvalue weighted by Crippen LogP contribution is -1.92. The van der Waals surface area contributed by atoms with E-state index >= 15 is 0 Å². The van der Waals surface area contributed by atoms with Crippen molar-refractivity contribution in [3.63, 3.8) is 0 Å². The van der Waals surface area contributed by atoms with Crippen LogP contribution in [-0.2, 0) is 0 Å². The molecule has 0 spiro atoms. The molecule has 0 saturated carbocycles. The summed E-state index contributed by atoms with van der Waals surface area (Å²) in [6.45, 7) is 0.230. The van der Waals surface area contributed by atoms with Crippen LogP contribution in [0.15, 0.2) is 43.9 Å². The Morgan fingerprint density at radius 1 is 0.842 bits per heavy atom. The number of hydrogen-bond acceptors (Lipinski definition) is 2. The molecule has 6 heteroatoms. The van der Waals surface area contributed by atoms with Crippen molar-refractivity contribution in [2.24, 2.45) is 0 Å². The lowest BCUT2D eigenvalue weighted by molar-refractivity contribution is 0.174. The first-order chi connectivity index (χ1) is 9.08. The van der Waals surface area contributed by atoms with E-state index < -0.39 is 0 Å². The van der Waals surface area contributed by atoms with Crippen LogP contribution in [0.3, 0.4) is 0 Å². The minimum Gasteiger partial charge on any atom is -0.454 e. The zero-order chi connectivity index (χ0) is 13.6. The van der Waals surface area contributed by atoms with Crippen LogP contribution in [0.2, 0.25) is 0 Å². The Morgan fingerprint density at radius 2 is 1.47 bits per heavy atom. The molecule has 2 nitrogen and oxygen atoms in total. The Bertz CT molecular complexity index is 633. The number of benzene rings is 1. The van der Waals surface area contributed by atoms with Crippen molar-refractivity contribution in [2.75, 3.05) is 6.79 Å². The molecule has 0 fully saturated rings. The summed E-state index contributed by atoms with van der Waals surface area (Å²) in [6, 6.07) is 5.53. The topological polar surface area (TPSA) is 18.5 Å².